The van der Waals surface area contributed by atoms with Crippen molar-refractivity contribution in [2.24, 2.45) is 10.4 Å². The van der Waals surface area contributed by atoms with Gasteiger partial charge in [0.25, 0.3) is 0 Å². The summed E-state index contributed by atoms with van der Waals surface area (Å²) >= 11 is 0. The topological polar surface area (TPSA) is 58.9 Å². The Labute approximate surface area is 42.1 Å². The van der Waals surface area contributed by atoms with Crippen LogP contribution in [0.5, 0.6) is 0 Å². The van der Waals surface area contributed by atoms with Gasteiger partial charge in [0.15, 0.2) is 0 Å². The molecule has 6 heteroatoms. The highest BCUT2D eigenvalue weighted by Crippen LogP contribution is 2.08. The highest BCUT2D eigenvalue weighted by Gasteiger charge is 2.03. The minimum Gasteiger partial charge on any atom is -0.176 e. The molecule has 0 radical (unpaired) electrons. The van der Waals surface area contributed by atoms with Gasteiger partial charge in [0, 0.05) is 10.4 Å². The summed E-state index contributed by atoms with van der Waals surface area (Å²) in [5, 5.41) is 2.91. The fourth-order valence-electron chi connectivity index (χ4n) is 0.0753. The lowest BCUT2D eigenvalue weighted by Gasteiger charge is -1.73. The minimum absolute atomic E-state index is 1.45. The molecular formula is C2F2N2O2. The van der Waals surface area contributed by atoms with E-state index >= 15 is 0 Å². The van der Waals surface area contributed by atoms with Crippen molar-refractivity contribution in [2.75, 3.05) is 0 Å². The zero-order valence-electron chi connectivity index (χ0n) is 3.47. The third kappa shape index (κ3) is 1.50. The van der Waals surface area contributed by atoms with Crippen molar-refractivity contribution in [3.05, 3.63) is 21.7 Å². The Morgan fingerprint density at radius 1 is 1.00 bits per heavy atom. The van der Waals surface area contributed by atoms with Gasteiger partial charge in [-0.15, -0.1) is 9.81 Å². The van der Waals surface area contributed by atoms with Crippen molar-refractivity contribution >= 4 is 0 Å². The van der Waals surface area contributed by atoms with Crippen LogP contribution in [0.25, 0.3) is 0 Å². The van der Waals surface area contributed by atoms with Crippen LogP contribution in [-0.4, -0.2) is 0 Å². The molecule has 0 aliphatic rings. The maximum atomic E-state index is 11.3. The highest BCUT2D eigenvalue weighted by molar-refractivity contribution is 4.94. The van der Waals surface area contributed by atoms with E-state index in [1.807, 2.05) is 0 Å². The van der Waals surface area contributed by atoms with Gasteiger partial charge in [0.1, 0.15) is 0 Å². The number of halogens is 2. The number of nitroso groups, excluding NO2 is 2. The summed E-state index contributed by atoms with van der Waals surface area (Å²) in [4.78, 5) is 18.0. The first-order valence-electron chi connectivity index (χ1n) is 1.44. The van der Waals surface area contributed by atoms with E-state index in [0.717, 1.165) is 0 Å². The molecule has 0 saturated heterocycles. The van der Waals surface area contributed by atoms with Crippen LogP contribution >= 0.6 is 0 Å². The van der Waals surface area contributed by atoms with Crippen molar-refractivity contribution in [1.82, 2.24) is 0 Å². The maximum absolute atomic E-state index is 11.3. The van der Waals surface area contributed by atoms with Crippen molar-refractivity contribution in [3.63, 3.8) is 0 Å². The molecule has 0 aromatic carbocycles. The first-order chi connectivity index (χ1) is 3.72. The van der Waals surface area contributed by atoms with Crippen LogP contribution in [0, 0.1) is 9.81 Å². The predicted molar refractivity (Wildman–Crippen MR) is 20.8 cm³/mol. The molecule has 0 saturated carbocycles. The second-order valence-electron chi connectivity index (χ2n) is 0.764. The van der Waals surface area contributed by atoms with Crippen LogP contribution in [0.15, 0.2) is 22.3 Å². The number of hydrogen-bond acceptors (Lipinski definition) is 4. The molecule has 0 amide bonds. The summed E-state index contributed by atoms with van der Waals surface area (Å²) in [5.74, 6) is -4.06. The quantitative estimate of drug-likeness (QED) is 0.412. The molecule has 0 aliphatic heterocycles. The average Bonchev–Trinajstić information content (AvgIpc) is 1.84. The summed E-state index contributed by atoms with van der Waals surface area (Å²) in [5.41, 5.74) is 0. The summed E-state index contributed by atoms with van der Waals surface area (Å²) in [6, 6.07) is 0. The fourth-order valence-corrected chi connectivity index (χ4v) is 0.0753. The van der Waals surface area contributed by atoms with Crippen LogP contribution < -0.4 is 0 Å². The van der Waals surface area contributed by atoms with Crippen molar-refractivity contribution < 1.29 is 8.78 Å². The maximum Gasteiger partial charge on any atom is 0.312 e. The predicted octanol–water partition coefficient (Wildman–Crippen LogP) is 1.58. The lowest BCUT2D eigenvalue weighted by Crippen LogP contribution is -1.67. The average molecular weight is 122 g/mol. The smallest absolute Gasteiger partial charge is 0.176 e. The second kappa shape index (κ2) is 2.89. The van der Waals surface area contributed by atoms with Gasteiger partial charge in [-0.25, -0.2) is 0 Å². The van der Waals surface area contributed by atoms with E-state index in [4.69, 9.17) is 9.81 Å². The lowest BCUT2D eigenvalue weighted by atomic mass is 10.9. The van der Waals surface area contributed by atoms with Gasteiger partial charge in [-0.1, -0.05) is 0 Å². The summed E-state index contributed by atoms with van der Waals surface area (Å²) in [6.07, 6.45) is 0. The van der Waals surface area contributed by atoms with Gasteiger partial charge >= 0.3 is 11.9 Å². The molecule has 0 bridgehead atoms. The molecule has 0 spiro atoms. The van der Waals surface area contributed by atoms with Gasteiger partial charge in [-0.05, 0) is 0 Å². The lowest BCUT2D eigenvalue weighted by molar-refractivity contribution is 0.522. The van der Waals surface area contributed by atoms with Crippen LogP contribution in [0.3, 0.4) is 0 Å². The van der Waals surface area contributed by atoms with Crippen LogP contribution in [0.1, 0.15) is 0 Å². The van der Waals surface area contributed by atoms with Gasteiger partial charge in [0.2, 0.25) is 0 Å². The van der Waals surface area contributed by atoms with E-state index < -0.39 is 11.9 Å². The molecule has 44 valence electrons. The Bertz CT molecular complexity index is 127. The van der Waals surface area contributed by atoms with E-state index in [2.05, 4.69) is 0 Å². The van der Waals surface area contributed by atoms with Crippen LogP contribution in [0.2, 0.25) is 0 Å². The zero-order chi connectivity index (χ0) is 6.57. The Morgan fingerprint density at radius 2 is 1.25 bits per heavy atom. The normalized spacial score (nSPS) is 12.2. The molecule has 0 aliphatic carbocycles. The Morgan fingerprint density at radius 3 is 1.38 bits per heavy atom. The molecule has 0 aromatic heterocycles. The first-order valence-corrected chi connectivity index (χ1v) is 1.44. The monoisotopic (exact) mass is 122 g/mol. The van der Waals surface area contributed by atoms with Gasteiger partial charge in [0.05, 0.1) is 0 Å². The number of hydrogen-bond donors (Lipinski definition) is 0. The van der Waals surface area contributed by atoms with E-state index in [1.54, 1.807) is 0 Å². The van der Waals surface area contributed by atoms with E-state index in [-0.39, 0.29) is 0 Å². The zero-order valence-corrected chi connectivity index (χ0v) is 3.47. The molecule has 0 N–H and O–H groups in total. The van der Waals surface area contributed by atoms with E-state index in [9.17, 15) is 8.78 Å². The minimum atomic E-state index is -2.03. The molecule has 0 heterocycles. The van der Waals surface area contributed by atoms with Crippen LogP contribution in [0.4, 0.5) is 8.78 Å². The summed E-state index contributed by atoms with van der Waals surface area (Å²) in [6.45, 7) is 0. The number of rotatable bonds is 2. The largest absolute Gasteiger partial charge is 0.312 e. The van der Waals surface area contributed by atoms with Crippen LogP contribution in [-0.2, 0) is 0 Å². The van der Waals surface area contributed by atoms with Crippen molar-refractivity contribution in [3.8, 4) is 0 Å². The number of nitrogens with zero attached hydrogens (tertiary/aromatic N) is 2. The van der Waals surface area contributed by atoms with Crippen molar-refractivity contribution in [1.29, 1.82) is 0 Å². The summed E-state index contributed by atoms with van der Waals surface area (Å²) in [7, 11) is 0. The van der Waals surface area contributed by atoms with E-state index in [1.165, 1.54) is 10.4 Å². The Hall–Kier alpha value is -1.20. The molecule has 0 aromatic rings. The van der Waals surface area contributed by atoms with Gasteiger partial charge < -0.3 is 0 Å². The summed E-state index contributed by atoms with van der Waals surface area (Å²) < 4.78 is 22.5. The standard InChI is InChI=1S/C2F2N2O2/c3-1(5-7)2(4)6-8/b2-1-. The second-order valence-corrected chi connectivity index (χ2v) is 0.764. The Balaban J connectivity index is 4.25. The molecule has 0 atom stereocenters. The Kier molecular flexibility index (Phi) is 2.46. The molecule has 0 rings (SSSR count). The highest BCUT2D eigenvalue weighted by atomic mass is 19.2. The molecule has 0 fully saturated rings. The SMILES string of the molecule is O=N/C(F)=C(/F)N=O. The molecular weight excluding hydrogens is 122 g/mol. The molecule has 8 heavy (non-hydrogen) atoms. The molecule has 4 nitrogen and oxygen atoms in total. The van der Waals surface area contributed by atoms with Crippen molar-refractivity contribution in [2.45, 2.75) is 0 Å². The third-order valence-corrected chi connectivity index (χ3v) is 0.331. The van der Waals surface area contributed by atoms with E-state index in [0.29, 0.717) is 0 Å². The first kappa shape index (κ1) is 6.80. The van der Waals surface area contributed by atoms with Gasteiger partial charge in [-0.2, -0.15) is 8.78 Å². The fraction of sp³-hybridized carbons (Fsp3) is 0. The molecule has 0 unspecified atom stereocenters. The van der Waals surface area contributed by atoms with Gasteiger partial charge in [-0.3, -0.25) is 0 Å². The third-order valence-electron chi connectivity index (χ3n) is 0.331.